The smallest absolute Gasteiger partial charge is 0.269 e. The zero-order chi connectivity index (χ0) is 26.2. The number of nitrogens with zero attached hydrogens (tertiary/aromatic N) is 7. The van der Waals surface area contributed by atoms with Crippen LogP contribution in [0.15, 0.2) is 43.0 Å². The summed E-state index contributed by atoms with van der Waals surface area (Å²) < 4.78 is 7.75. The fourth-order valence-corrected chi connectivity index (χ4v) is 4.10. The lowest BCUT2D eigenvalue weighted by atomic mass is 9.81. The molecule has 1 fully saturated rings. The van der Waals surface area contributed by atoms with Gasteiger partial charge in [0.05, 0.1) is 36.2 Å². The van der Waals surface area contributed by atoms with E-state index in [-0.39, 0.29) is 24.9 Å². The van der Waals surface area contributed by atoms with Gasteiger partial charge in [-0.15, -0.1) is 4.98 Å². The number of aromatic nitrogens is 5. The van der Waals surface area contributed by atoms with Crippen LogP contribution >= 0.6 is 0 Å². The summed E-state index contributed by atoms with van der Waals surface area (Å²) in [6.07, 6.45) is 4.61. The summed E-state index contributed by atoms with van der Waals surface area (Å²) in [5, 5.41) is 22.1. The fraction of sp³-hybridized carbons (Fsp3) is 0.280. The number of pyridine rings is 3. The minimum Gasteiger partial charge on any atom is -0.435 e. The first-order valence-corrected chi connectivity index (χ1v) is 11.4. The van der Waals surface area contributed by atoms with Crippen molar-refractivity contribution < 1.29 is 19.7 Å². The first-order chi connectivity index (χ1) is 17.8. The molecule has 188 valence electrons. The first-order valence-electron chi connectivity index (χ1n) is 11.4. The molecule has 0 saturated carbocycles. The lowest BCUT2D eigenvalue weighted by Crippen LogP contribution is -2.62. The molecular weight excluding hydrogens is 476 g/mol. The largest absolute Gasteiger partial charge is 0.435 e. The minimum atomic E-state index is -0.632. The summed E-state index contributed by atoms with van der Waals surface area (Å²) in [5.74, 6) is 1.34. The van der Waals surface area contributed by atoms with Crippen LogP contribution in [0.2, 0.25) is 0 Å². The molecule has 0 aromatic carbocycles. The average Bonchev–Trinajstić information content (AvgIpc) is 3.26. The van der Waals surface area contributed by atoms with Gasteiger partial charge in [0.25, 0.3) is 11.7 Å². The Labute approximate surface area is 212 Å². The number of carbonyl (C=O) groups is 1. The molecule has 37 heavy (non-hydrogen) atoms. The van der Waals surface area contributed by atoms with Gasteiger partial charge in [-0.3, -0.25) is 4.79 Å². The third kappa shape index (κ3) is 4.53. The number of fused-ring (bicyclic) bond motifs is 1. The van der Waals surface area contributed by atoms with E-state index in [0.717, 1.165) is 5.56 Å². The molecule has 0 spiro atoms. The molecule has 5 rings (SSSR count). The van der Waals surface area contributed by atoms with Gasteiger partial charge in [0.2, 0.25) is 5.88 Å². The molecular formula is C25H24N8O4. The average molecular weight is 501 g/mol. The number of ether oxygens (including phenoxy) is 1. The van der Waals surface area contributed by atoms with Gasteiger partial charge in [-0.1, -0.05) is 6.57 Å². The lowest BCUT2D eigenvalue weighted by molar-refractivity contribution is -0.0589. The van der Waals surface area contributed by atoms with Crippen LogP contribution < -0.4 is 10.1 Å². The van der Waals surface area contributed by atoms with E-state index in [4.69, 9.17) is 11.3 Å². The lowest BCUT2D eigenvalue weighted by Gasteiger charge is -2.48. The Morgan fingerprint density at radius 1 is 1.19 bits per heavy atom. The number of carbonyl (C=O) groups excluding carboxylic acids is 1. The monoisotopic (exact) mass is 500 g/mol. The Morgan fingerprint density at radius 3 is 2.62 bits per heavy atom. The number of rotatable bonds is 7. The Morgan fingerprint density at radius 2 is 1.97 bits per heavy atom. The molecule has 12 heteroatoms. The second kappa shape index (κ2) is 9.45. The number of imidazole rings is 1. The number of aliphatic hydroxyl groups excluding tert-OH is 2. The van der Waals surface area contributed by atoms with Crippen LogP contribution in [0.1, 0.15) is 15.9 Å². The maximum Gasteiger partial charge on any atom is 0.269 e. The fourth-order valence-electron chi connectivity index (χ4n) is 4.10. The standard InChI is InChI=1S/C25H24N8O4/c1-15-6-20(26-2)28-9-18(15)37-21-7-17(22-23(31-21)32(3)14-29-22)30-19-5-4-16(8-27-19)24(36)33-10-25(11-33,12-34)13-35/h4-9,14,34-35H,10-13H2,1,3H3,(H,27,30,31). The van der Waals surface area contributed by atoms with Crippen molar-refractivity contribution in [1.29, 1.82) is 0 Å². The Kier molecular flexibility index (Phi) is 6.16. The summed E-state index contributed by atoms with van der Waals surface area (Å²) in [6.45, 7) is 9.19. The Bertz CT molecular complexity index is 1510. The van der Waals surface area contributed by atoms with Gasteiger partial charge in [-0.25, -0.2) is 9.97 Å². The van der Waals surface area contributed by atoms with E-state index in [9.17, 15) is 15.0 Å². The van der Waals surface area contributed by atoms with Crippen LogP contribution in [0, 0.1) is 18.9 Å². The highest BCUT2D eigenvalue weighted by Gasteiger charge is 2.44. The van der Waals surface area contributed by atoms with Gasteiger partial charge in [0.1, 0.15) is 11.3 Å². The van der Waals surface area contributed by atoms with E-state index in [0.29, 0.717) is 53.0 Å². The number of anilines is 2. The molecule has 1 aliphatic heterocycles. The van der Waals surface area contributed by atoms with Crippen molar-refractivity contribution in [2.24, 2.45) is 12.5 Å². The van der Waals surface area contributed by atoms with Gasteiger partial charge in [-0.2, -0.15) is 4.98 Å². The maximum absolute atomic E-state index is 12.7. The zero-order valence-electron chi connectivity index (χ0n) is 20.2. The van der Waals surface area contributed by atoms with Crippen LogP contribution in [0.5, 0.6) is 11.6 Å². The van der Waals surface area contributed by atoms with Gasteiger partial charge in [0.15, 0.2) is 17.6 Å². The van der Waals surface area contributed by atoms with E-state index in [1.165, 1.54) is 12.4 Å². The van der Waals surface area contributed by atoms with Crippen LogP contribution in [0.3, 0.4) is 0 Å². The number of hydrogen-bond acceptors (Lipinski definition) is 9. The SMILES string of the molecule is [C-]#[N+]c1cc(C)c(Oc2cc(Nc3ccc(C(=O)N4CC(CO)(CO)C4)cn3)c3ncn(C)c3n2)cn1. The molecule has 0 atom stereocenters. The summed E-state index contributed by atoms with van der Waals surface area (Å²) in [7, 11) is 1.82. The van der Waals surface area contributed by atoms with Gasteiger partial charge in [-0.05, 0) is 30.7 Å². The van der Waals surface area contributed by atoms with Crippen LogP contribution in [-0.2, 0) is 7.05 Å². The highest BCUT2D eigenvalue weighted by molar-refractivity contribution is 5.95. The number of hydrogen-bond donors (Lipinski definition) is 3. The highest BCUT2D eigenvalue weighted by atomic mass is 16.5. The van der Waals surface area contributed by atoms with Gasteiger partial charge < -0.3 is 34.6 Å². The molecule has 4 aromatic heterocycles. The molecule has 1 aliphatic rings. The minimum absolute atomic E-state index is 0.170. The van der Waals surface area contributed by atoms with E-state index < -0.39 is 5.41 Å². The molecule has 0 bridgehead atoms. The maximum atomic E-state index is 12.7. The Hall–Kier alpha value is -4.60. The predicted octanol–water partition coefficient (Wildman–Crippen LogP) is 2.58. The van der Waals surface area contributed by atoms with E-state index in [2.05, 4.69) is 30.1 Å². The van der Waals surface area contributed by atoms with Crippen molar-refractivity contribution in [3.05, 3.63) is 65.5 Å². The highest BCUT2D eigenvalue weighted by Crippen LogP contribution is 2.33. The van der Waals surface area contributed by atoms with Crippen molar-refractivity contribution in [2.45, 2.75) is 6.92 Å². The topological polar surface area (TPSA) is 143 Å². The molecule has 3 N–H and O–H groups in total. The number of amides is 1. The molecule has 1 saturated heterocycles. The van der Waals surface area contributed by atoms with E-state index in [1.807, 2.05) is 14.0 Å². The van der Waals surface area contributed by atoms with E-state index in [1.54, 1.807) is 40.1 Å². The molecule has 0 radical (unpaired) electrons. The molecule has 5 heterocycles. The molecule has 0 unspecified atom stereocenters. The van der Waals surface area contributed by atoms with Crippen LogP contribution in [-0.4, -0.2) is 71.8 Å². The Balaban J connectivity index is 1.37. The molecule has 12 nitrogen and oxygen atoms in total. The van der Waals surface area contributed by atoms with Crippen molar-refractivity contribution in [1.82, 2.24) is 29.4 Å². The zero-order valence-corrected chi connectivity index (χ0v) is 20.2. The van der Waals surface area contributed by atoms with Crippen molar-refractivity contribution in [2.75, 3.05) is 31.6 Å². The summed E-state index contributed by atoms with van der Waals surface area (Å²) in [4.78, 5) is 35.1. The molecule has 1 amide bonds. The number of aliphatic hydroxyl groups is 2. The number of nitrogens with one attached hydrogen (secondary N) is 1. The first kappa shape index (κ1) is 24.1. The number of likely N-dealkylation sites (tertiary alicyclic amines) is 1. The second-order valence-electron chi connectivity index (χ2n) is 9.09. The van der Waals surface area contributed by atoms with Crippen LogP contribution in [0.4, 0.5) is 17.3 Å². The number of aryl methyl sites for hydroxylation is 2. The third-order valence-electron chi connectivity index (χ3n) is 6.31. The van der Waals surface area contributed by atoms with Crippen molar-refractivity contribution in [3.8, 4) is 11.6 Å². The van der Waals surface area contributed by atoms with Gasteiger partial charge in [0, 0.05) is 32.4 Å². The summed E-state index contributed by atoms with van der Waals surface area (Å²) >= 11 is 0. The third-order valence-corrected chi connectivity index (χ3v) is 6.31. The van der Waals surface area contributed by atoms with Gasteiger partial charge >= 0.3 is 0 Å². The van der Waals surface area contributed by atoms with Crippen molar-refractivity contribution >= 4 is 34.4 Å². The molecule has 4 aromatic rings. The quantitative estimate of drug-likeness (QED) is 0.326. The summed E-state index contributed by atoms with van der Waals surface area (Å²) in [5.41, 5.74) is 2.33. The summed E-state index contributed by atoms with van der Waals surface area (Å²) in [6, 6.07) is 6.69. The van der Waals surface area contributed by atoms with Crippen molar-refractivity contribution in [3.63, 3.8) is 0 Å². The second-order valence-corrected chi connectivity index (χ2v) is 9.09. The normalized spacial score (nSPS) is 14.2. The predicted molar refractivity (Wildman–Crippen MR) is 134 cm³/mol. The van der Waals surface area contributed by atoms with Crippen LogP contribution in [0.25, 0.3) is 16.0 Å². The van der Waals surface area contributed by atoms with E-state index >= 15 is 0 Å². The molecule has 0 aliphatic carbocycles.